The van der Waals surface area contributed by atoms with Crippen molar-refractivity contribution in [1.82, 2.24) is 14.1 Å². The van der Waals surface area contributed by atoms with Gasteiger partial charge in [-0.1, -0.05) is 17.7 Å². The van der Waals surface area contributed by atoms with Crippen LogP contribution in [0.2, 0.25) is 5.02 Å². The van der Waals surface area contributed by atoms with Crippen molar-refractivity contribution in [1.29, 1.82) is 0 Å². The van der Waals surface area contributed by atoms with Crippen molar-refractivity contribution in [3.63, 3.8) is 0 Å². The molecule has 1 aliphatic heterocycles. The summed E-state index contributed by atoms with van der Waals surface area (Å²) in [6.07, 6.45) is 0. The van der Waals surface area contributed by atoms with E-state index in [9.17, 15) is 13.2 Å². The summed E-state index contributed by atoms with van der Waals surface area (Å²) in [6, 6.07) is 13.2. The standard InChI is InChI=1S/C21H26ClN3O4S/c1-23(2)14-15-29-19-5-3-4-17(16-19)21(26)24-10-12-25(13-11-24)30(27,28)20-8-6-18(22)7-9-20/h3-9,16H,10-15H2,1-2H3. The average molecular weight is 452 g/mol. The van der Waals surface area contributed by atoms with Crippen molar-refractivity contribution >= 4 is 27.5 Å². The highest BCUT2D eigenvalue weighted by Gasteiger charge is 2.30. The van der Waals surface area contributed by atoms with E-state index in [1.165, 1.54) is 16.4 Å². The Kier molecular flexibility index (Phi) is 7.36. The fourth-order valence-corrected chi connectivity index (χ4v) is 4.68. The smallest absolute Gasteiger partial charge is 0.254 e. The number of ether oxygens (including phenoxy) is 1. The van der Waals surface area contributed by atoms with Crippen LogP contribution in [-0.4, -0.2) is 81.9 Å². The average Bonchev–Trinajstić information content (AvgIpc) is 2.73. The van der Waals surface area contributed by atoms with Gasteiger partial charge in [0.05, 0.1) is 4.90 Å². The molecule has 3 rings (SSSR count). The molecule has 2 aromatic rings. The first-order chi connectivity index (χ1) is 14.3. The summed E-state index contributed by atoms with van der Waals surface area (Å²) in [4.78, 5) is 16.8. The van der Waals surface area contributed by atoms with Crippen LogP contribution in [0.25, 0.3) is 0 Å². The van der Waals surface area contributed by atoms with E-state index in [0.717, 1.165) is 6.54 Å². The molecule has 0 atom stereocenters. The zero-order valence-electron chi connectivity index (χ0n) is 17.1. The molecule has 1 fully saturated rings. The third-order valence-electron chi connectivity index (χ3n) is 4.87. The quantitative estimate of drug-likeness (QED) is 0.646. The van der Waals surface area contributed by atoms with Crippen LogP contribution < -0.4 is 4.74 Å². The summed E-state index contributed by atoms with van der Waals surface area (Å²) in [5.74, 6) is 0.517. The Morgan fingerprint density at radius 1 is 1.07 bits per heavy atom. The summed E-state index contributed by atoms with van der Waals surface area (Å²) in [6.45, 7) is 2.47. The molecule has 0 saturated carbocycles. The van der Waals surface area contributed by atoms with Crippen LogP contribution in [-0.2, 0) is 10.0 Å². The fraction of sp³-hybridized carbons (Fsp3) is 0.381. The van der Waals surface area contributed by atoms with Gasteiger partial charge in [-0.3, -0.25) is 4.79 Å². The van der Waals surface area contributed by atoms with Crippen LogP contribution in [0.5, 0.6) is 5.75 Å². The number of carbonyl (C=O) groups is 1. The Labute approximate surface area is 182 Å². The van der Waals surface area contributed by atoms with E-state index in [1.807, 2.05) is 25.1 Å². The van der Waals surface area contributed by atoms with Gasteiger partial charge < -0.3 is 14.5 Å². The molecule has 0 aliphatic carbocycles. The van der Waals surface area contributed by atoms with Crippen LogP contribution in [0.4, 0.5) is 0 Å². The van der Waals surface area contributed by atoms with Gasteiger partial charge in [0.2, 0.25) is 10.0 Å². The Bertz CT molecular complexity index is 972. The van der Waals surface area contributed by atoms with E-state index in [0.29, 0.717) is 36.0 Å². The second-order valence-corrected chi connectivity index (χ2v) is 9.70. The van der Waals surface area contributed by atoms with E-state index in [2.05, 4.69) is 0 Å². The SMILES string of the molecule is CN(C)CCOc1cccc(C(=O)N2CCN(S(=O)(=O)c3ccc(Cl)cc3)CC2)c1. The van der Waals surface area contributed by atoms with Crippen molar-refractivity contribution in [2.24, 2.45) is 0 Å². The number of sulfonamides is 1. The largest absolute Gasteiger partial charge is 0.492 e. The second kappa shape index (κ2) is 9.78. The molecule has 9 heteroatoms. The highest BCUT2D eigenvalue weighted by molar-refractivity contribution is 7.89. The first kappa shape index (κ1) is 22.6. The number of hydrogen-bond donors (Lipinski definition) is 0. The third kappa shape index (κ3) is 5.51. The van der Waals surface area contributed by atoms with Crippen molar-refractivity contribution in [2.75, 3.05) is 53.4 Å². The number of benzene rings is 2. The lowest BCUT2D eigenvalue weighted by atomic mass is 10.1. The van der Waals surface area contributed by atoms with E-state index >= 15 is 0 Å². The fourth-order valence-electron chi connectivity index (χ4n) is 3.13. The van der Waals surface area contributed by atoms with Crippen LogP contribution >= 0.6 is 11.6 Å². The van der Waals surface area contributed by atoms with Crippen LogP contribution in [0.1, 0.15) is 10.4 Å². The van der Waals surface area contributed by atoms with Crippen molar-refractivity contribution in [2.45, 2.75) is 4.90 Å². The molecule has 0 bridgehead atoms. The summed E-state index contributed by atoms with van der Waals surface area (Å²) >= 11 is 5.85. The maximum atomic E-state index is 12.9. The summed E-state index contributed by atoms with van der Waals surface area (Å²) in [5.41, 5.74) is 0.534. The van der Waals surface area contributed by atoms with Gasteiger partial charge >= 0.3 is 0 Å². The third-order valence-corrected chi connectivity index (χ3v) is 7.03. The minimum absolute atomic E-state index is 0.128. The molecule has 7 nitrogen and oxygen atoms in total. The number of piperazine rings is 1. The molecule has 30 heavy (non-hydrogen) atoms. The lowest BCUT2D eigenvalue weighted by molar-refractivity contribution is 0.0697. The summed E-state index contributed by atoms with van der Waals surface area (Å²) in [7, 11) is 0.333. The number of nitrogens with zero attached hydrogens (tertiary/aromatic N) is 3. The lowest BCUT2D eigenvalue weighted by Crippen LogP contribution is -2.50. The molecule has 2 aromatic carbocycles. The highest BCUT2D eigenvalue weighted by atomic mass is 35.5. The van der Waals surface area contributed by atoms with Gasteiger partial charge in [0.25, 0.3) is 5.91 Å². The molecule has 0 aromatic heterocycles. The molecule has 162 valence electrons. The Morgan fingerprint density at radius 3 is 2.37 bits per heavy atom. The number of likely N-dealkylation sites (N-methyl/N-ethyl adjacent to an activating group) is 1. The minimum Gasteiger partial charge on any atom is -0.492 e. The lowest BCUT2D eigenvalue weighted by Gasteiger charge is -2.34. The minimum atomic E-state index is -3.60. The molecule has 1 amide bonds. The zero-order valence-corrected chi connectivity index (χ0v) is 18.7. The van der Waals surface area contributed by atoms with Crippen LogP contribution in [0, 0.1) is 0 Å². The molecule has 1 saturated heterocycles. The van der Waals surface area contributed by atoms with Crippen molar-refractivity contribution < 1.29 is 17.9 Å². The van der Waals surface area contributed by atoms with Gasteiger partial charge in [-0.25, -0.2) is 8.42 Å². The number of hydrogen-bond acceptors (Lipinski definition) is 5. The first-order valence-corrected chi connectivity index (χ1v) is 11.5. The monoisotopic (exact) mass is 451 g/mol. The van der Waals surface area contributed by atoms with Gasteiger partial charge in [0.15, 0.2) is 0 Å². The summed E-state index contributed by atoms with van der Waals surface area (Å²) < 4.78 is 32.7. The van der Waals surface area contributed by atoms with Gasteiger partial charge in [-0.05, 0) is 56.6 Å². The molecule has 1 heterocycles. The maximum Gasteiger partial charge on any atom is 0.254 e. The normalized spacial score (nSPS) is 15.4. The molecule has 1 aliphatic rings. The molecule has 0 N–H and O–H groups in total. The Balaban J connectivity index is 1.61. The predicted octanol–water partition coefficient (Wildman–Crippen LogP) is 2.43. The van der Waals surface area contributed by atoms with E-state index < -0.39 is 10.0 Å². The van der Waals surface area contributed by atoms with Gasteiger partial charge in [-0.2, -0.15) is 4.31 Å². The predicted molar refractivity (Wildman–Crippen MR) is 117 cm³/mol. The number of carbonyl (C=O) groups excluding carboxylic acids is 1. The van der Waals surface area contributed by atoms with E-state index in [1.54, 1.807) is 35.2 Å². The Morgan fingerprint density at radius 2 is 1.73 bits per heavy atom. The molecular weight excluding hydrogens is 426 g/mol. The van der Waals surface area contributed by atoms with Crippen molar-refractivity contribution in [3.8, 4) is 5.75 Å². The maximum absolute atomic E-state index is 12.9. The van der Waals surface area contributed by atoms with E-state index in [-0.39, 0.29) is 23.9 Å². The van der Waals surface area contributed by atoms with Gasteiger partial charge in [0.1, 0.15) is 12.4 Å². The highest BCUT2D eigenvalue weighted by Crippen LogP contribution is 2.21. The second-order valence-electron chi connectivity index (χ2n) is 7.33. The van der Waals surface area contributed by atoms with E-state index in [4.69, 9.17) is 16.3 Å². The number of rotatable bonds is 7. The molecule has 0 unspecified atom stereocenters. The Hall–Kier alpha value is -2.13. The van der Waals surface area contributed by atoms with Crippen molar-refractivity contribution in [3.05, 3.63) is 59.1 Å². The number of halogens is 1. The van der Waals surface area contributed by atoms with Gasteiger partial charge in [0, 0.05) is 43.3 Å². The molecule has 0 radical (unpaired) electrons. The summed E-state index contributed by atoms with van der Waals surface area (Å²) in [5, 5.41) is 0.484. The van der Waals surface area contributed by atoms with Crippen LogP contribution in [0.3, 0.4) is 0 Å². The first-order valence-electron chi connectivity index (χ1n) is 9.70. The molecular formula is C21H26ClN3O4S. The zero-order chi connectivity index (χ0) is 21.7. The van der Waals surface area contributed by atoms with Crippen LogP contribution in [0.15, 0.2) is 53.4 Å². The molecule has 0 spiro atoms. The topological polar surface area (TPSA) is 70.2 Å². The van der Waals surface area contributed by atoms with Gasteiger partial charge in [-0.15, -0.1) is 0 Å². The number of amides is 1.